The molecule has 0 saturated heterocycles. The Balaban J connectivity index is 2.19. The van der Waals surface area contributed by atoms with Gasteiger partial charge >= 0.3 is 6.61 Å². The minimum absolute atomic E-state index is 0.00146. The fourth-order valence-electron chi connectivity index (χ4n) is 2.74. The van der Waals surface area contributed by atoms with Crippen LogP contribution in [0.3, 0.4) is 0 Å². The van der Waals surface area contributed by atoms with Crippen LogP contribution < -0.4 is 10.1 Å². The predicted octanol–water partition coefficient (Wildman–Crippen LogP) is 6.09. The zero-order chi connectivity index (χ0) is 21.1. The van der Waals surface area contributed by atoms with Gasteiger partial charge in [-0.25, -0.2) is 0 Å². The molecule has 0 spiro atoms. The summed E-state index contributed by atoms with van der Waals surface area (Å²) in [7, 11) is 0. The van der Waals surface area contributed by atoms with Gasteiger partial charge in [0.2, 0.25) is 0 Å². The standard InChI is InChI=1S/C20H14Cl2F2N2O3/c1-3-12(21)17(13(22)4-2)26-19(27)10-5-6-15(29-20(23)24)18-16(10)11-9-25-8-7-14(11)28-18/h3-9,20H,1H2,2H3,(H,26,27)/b13-4+,17-12-. The van der Waals surface area contributed by atoms with Crippen molar-refractivity contribution >= 4 is 51.0 Å². The van der Waals surface area contributed by atoms with Gasteiger partial charge in [-0.15, -0.1) is 0 Å². The summed E-state index contributed by atoms with van der Waals surface area (Å²) in [6.07, 6.45) is 5.83. The fraction of sp³-hybridized carbons (Fsp3) is 0.100. The van der Waals surface area contributed by atoms with E-state index in [2.05, 4.69) is 21.6 Å². The van der Waals surface area contributed by atoms with E-state index in [1.54, 1.807) is 19.1 Å². The zero-order valence-electron chi connectivity index (χ0n) is 15.0. The fourth-order valence-corrected chi connectivity index (χ4v) is 3.09. The number of carbonyl (C=O) groups is 1. The van der Waals surface area contributed by atoms with Crippen LogP contribution in [0.15, 0.2) is 69.5 Å². The van der Waals surface area contributed by atoms with E-state index in [9.17, 15) is 13.6 Å². The van der Waals surface area contributed by atoms with Crippen molar-refractivity contribution in [3.63, 3.8) is 0 Å². The van der Waals surface area contributed by atoms with E-state index in [4.69, 9.17) is 27.6 Å². The maximum atomic E-state index is 13.0. The number of carbonyl (C=O) groups excluding carboxylic acids is 1. The summed E-state index contributed by atoms with van der Waals surface area (Å²) >= 11 is 12.2. The molecule has 3 aromatic rings. The number of nitrogens with one attached hydrogen (secondary N) is 1. The van der Waals surface area contributed by atoms with Gasteiger partial charge in [-0.05, 0) is 31.2 Å². The third-order valence-corrected chi connectivity index (χ3v) is 4.74. The molecule has 2 aromatic heterocycles. The summed E-state index contributed by atoms with van der Waals surface area (Å²) in [5, 5.41) is 3.70. The Hall–Kier alpha value is -2.90. The van der Waals surface area contributed by atoms with E-state index < -0.39 is 12.5 Å². The van der Waals surface area contributed by atoms with Gasteiger partial charge in [0, 0.05) is 23.2 Å². The lowest BCUT2D eigenvalue weighted by Gasteiger charge is -2.12. The van der Waals surface area contributed by atoms with Crippen molar-refractivity contribution in [1.29, 1.82) is 0 Å². The first-order valence-electron chi connectivity index (χ1n) is 8.27. The van der Waals surface area contributed by atoms with Gasteiger partial charge in [0.25, 0.3) is 5.91 Å². The van der Waals surface area contributed by atoms with Crippen LogP contribution in [-0.2, 0) is 0 Å². The summed E-state index contributed by atoms with van der Waals surface area (Å²) in [4.78, 5) is 17.0. The summed E-state index contributed by atoms with van der Waals surface area (Å²) < 4.78 is 35.7. The third kappa shape index (κ3) is 4.11. The minimum atomic E-state index is -3.06. The number of rotatable bonds is 6. The van der Waals surface area contributed by atoms with E-state index in [0.29, 0.717) is 11.0 Å². The van der Waals surface area contributed by atoms with Crippen molar-refractivity contribution in [3.8, 4) is 5.75 Å². The second-order valence-electron chi connectivity index (χ2n) is 5.69. The maximum absolute atomic E-state index is 13.0. The topological polar surface area (TPSA) is 64.4 Å². The number of amides is 1. The number of halogens is 4. The SMILES string of the molecule is C=C/C(Cl)=C(NC(=O)c1ccc(OC(F)F)c2oc3ccncc3c12)\C(Cl)=C/C. The summed E-state index contributed by atoms with van der Waals surface area (Å²) in [6, 6.07) is 4.13. The number of fused-ring (bicyclic) bond motifs is 3. The first kappa shape index (κ1) is 20.8. The number of benzene rings is 1. The molecule has 0 unspecified atom stereocenters. The number of nitrogens with zero attached hydrogens (tertiary/aromatic N) is 1. The zero-order valence-corrected chi connectivity index (χ0v) is 16.5. The number of aromatic nitrogens is 1. The Bertz CT molecular complexity index is 1170. The second-order valence-corrected chi connectivity index (χ2v) is 6.50. The van der Waals surface area contributed by atoms with Gasteiger partial charge in [-0.1, -0.05) is 35.9 Å². The van der Waals surface area contributed by atoms with Gasteiger partial charge in [-0.3, -0.25) is 9.78 Å². The number of alkyl halides is 2. The highest BCUT2D eigenvalue weighted by Crippen LogP contribution is 2.37. The van der Waals surface area contributed by atoms with Crippen LogP contribution in [0.25, 0.3) is 21.9 Å². The molecule has 3 rings (SSSR count). The first-order chi connectivity index (χ1) is 13.9. The highest BCUT2D eigenvalue weighted by atomic mass is 35.5. The summed E-state index contributed by atoms with van der Waals surface area (Å²) in [5.74, 6) is -0.783. The van der Waals surface area contributed by atoms with Crippen LogP contribution in [0.4, 0.5) is 8.78 Å². The molecule has 0 aliphatic heterocycles. The molecule has 9 heteroatoms. The molecule has 0 fully saturated rings. The Morgan fingerprint density at radius 2 is 2.10 bits per heavy atom. The monoisotopic (exact) mass is 438 g/mol. The van der Waals surface area contributed by atoms with Gasteiger partial charge in [0.15, 0.2) is 11.3 Å². The van der Waals surface area contributed by atoms with Crippen LogP contribution >= 0.6 is 23.2 Å². The van der Waals surface area contributed by atoms with E-state index in [0.717, 1.165) is 0 Å². The lowest BCUT2D eigenvalue weighted by molar-refractivity contribution is -0.0493. The van der Waals surface area contributed by atoms with Gasteiger partial charge in [0.1, 0.15) is 5.58 Å². The van der Waals surface area contributed by atoms with Crippen molar-refractivity contribution in [2.45, 2.75) is 13.5 Å². The quantitative estimate of drug-likeness (QED) is 0.472. The minimum Gasteiger partial charge on any atom is -0.452 e. The molecule has 29 heavy (non-hydrogen) atoms. The molecular formula is C20H14Cl2F2N2O3. The molecule has 2 heterocycles. The number of ether oxygens (including phenoxy) is 1. The molecule has 0 bridgehead atoms. The number of furan rings is 1. The van der Waals surface area contributed by atoms with Gasteiger partial charge < -0.3 is 14.5 Å². The Morgan fingerprint density at radius 3 is 2.76 bits per heavy atom. The highest BCUT2D eigenvalue weighted by molar-refractivity contribution is 6.36. The average molecular weight is 439 g/mol. The lowest BCUT2D eigenvalue weighted by Crippen LogP contribution is -2.24. The van der Waals surface area contributed by atoms with Crippen molar-refractivity contribution in [3.05, 3.63) is 70.6 Å². The van der Waals surface area contributed by atoms with Crippen LogP contribution in [0.2, 0.25) is 0 Å². The number of allylic oxidation sites excluding steroid dienone is 4. The second kappa shape index (κ2) is 8.63. The van der Waals surface area contributed by atoms with E-state index >= 15 is 0 Å². The Labute approximate surface area is 174 Å². The van der Waals surface area contributed by atoms with Crippen LogP contribution in [0, 0.1) is 0 Å². The molecule has 1 aromatic carbocycles. The molecule has 0 saturated carbocycles. The van der Waals surface area contributed by atoms with Crippen molar-refractivity contribution < 1.29 is 22.7 Å². The Kier molecular flexibility index (Phi) is 6.20. The van der Waals surface area contributed by atoms with Crippen LogP contribution in [0.1, 0.15) is 17.3 Å². The lowest BCUT2D eigenvalue weighted by atomic mass is 10.1. The normalized spacial score (nSPS) is 13.0. The van der Waals surface area contributed by atoms with Crippen molar-refractivity contribution in [1.82, 2.24) is 10.3 Å². The van der Waals surface area contributed by atoms with Gasteiger partial charge in [-0.2, -0.15) is 8.78 Å². The van der Waals surface area contributed by atoms with Crippen molar-refractivity contribution in [2.24, 2.45) is 0 Å². The maximum Gasteiger partial charge on any atom is 0.387 e. The largest absolute Gasteiger partial charge is 0.452 e. The number of pyridine rings is 1. The molecular weight excluding hydrogens is 425 g/mol. The number of hydrogen-bond acceptors (Lipinski definition) is 4. The Morgan fingerprint density at radius 1 is 1.34 bits per heavy atom. The third-order valence-electron chi connectivity index (χ3n) is 3.99. The van der Waals surface area contributed by atoms with Crippen LogP contribution in [0.5, 0.6) is 5.75 Å². The van der Waals surface area contributed by atoms with E-state index in [1.165, 1.54) is 30.6 Å². The highest BCUT2D eigenvalue weighted by Gasteiger charge is 2.22. The van der Waals surface area contributed by atoms with Gasteiger partial charge in [0.05, 0.1) is 21.3 Å². The summed E-state index contributed by atoms with van der Waals surface area (Å²) in [5.41, 5.74) is 0.655. The average Bonchev–Trinajstić information content (AvgIpc) is 3.10. The molecule has 150 valence electrons. The first-order valence-corrected chi connectivity index (χ1v) is 9.02. The number of hydrogen-bond donors (Lipinski definition) is 1. The molecule has 1 N–H and O–H groups in total. The molecule has 0 atom stereocenters. The van der Waals surface area contributed by atoms with Crippen LogP contribution in [-0.4, -0.2) is 17.5 Å². The molecule has 0 radical (unpaired) electrons. The smallest absolute Gasteiger partial charge is 0.387 e. The molecule has 0 aliphatic carbocycles. The molecule has 1 amide bonds. The molecule has 0 aliphatic rings. The predicted molar refractivity (Wildman–Crippen MR) is 108 cm³/mol. The van der Waals surface area contributed by atoms with E-state index in [1.807, 2.05) is 0 Å². The van der Waals surface area contributed by atoms with E-state index in [-0.39, 0.29) is 38.0 Å². The van der Waals surface area contributed by atoms with Crippen molar-refractivity contribution in [2.75, 3.05) is 0 Å². The molecule has 5 nitrogen and oxygen atoms in total. The summed E-state index contributed by atoms with van der Waals surface area (Å²) in [6.45, 7) is 2.18.